The first-order valence-corrected chi connectivity index (χ1v) is 22.2. The molecule has 7 aliphatic rings. The Morgan fingerprint density at radius 2 is 1.66 bits per heavy atom. The second-order valence-corrected chi connectivity index (χ2v) is 21.7. The number of nitrogens with one attached hydrogen (secondary N) is 2. The lowest BCUT2D eigenvalue weighted by molar-refractivity contribution is -0.299. The van der Waals surface area contributed by atoms with Crippen LogP contribution in [0.2, 0.25) is 0 Å². The van der Waals surface area contributed by atoms with Crippen LogP contribution in [0.3, 0.4) is 0 Å². The molecular weight excluding hydrogens is 731 g/mol. The molecule has 5 fully saturated rings. The summed E-state index contributed by atoms with van der Waals surface area (Å²) in [6.45, 7) is 18.1. The number of para-hydroxylation sites is 2. The number of carbonyl (C=O) groups excluding carboxylic acids is 2. The first kappa shape index (κ1) is 40.1. The number of carbonyl (C=O) groups is 3. The van der Waals surface area contributed by atoms with Crippen LogP contribution in [0.15, 0.2) is 47.6 Å². The average Bonchev–Trinajstić information content (AvgIpc) is 3.73. The number of aliphatic hydroxyl groups is 2. The number of ether oxygens (including phenoxy) is 1. The predicted molar refractivity (Wildman–Crippen MR) is 220 cm³/mol. The van der Waals surface area contributed by atoms with Gasteiger partial charge in [0.25, 0.3) is 5.91 Å². The van der Waals surface area contributed by atoms with E-state index in [0.29, 0.717) is 24.3 Å². The number of fused-ring (bicyclic) bond motifs is 7. The van der Waals surface area contributed by atoms with Crippen molar-refractivity contribution in [2.24, 2.45) is 67.5 Å². The minimum Gasteiger partial charge on any atom is -0.481 e. The third-order valence-electron chi connectivity index (χ3n) is 19.3. The number of aromatic nitrogens is 2. The van der Waals surface area contributed by atoms with E-state index in [-0.39, 0.29) is 81.4 Å². The van der Waals surface area contributed by atoms with Gasteiger partial charge in [0, 0.05) is 35.1 Å². The van der Waals surface area contributed by atoms with Crippen molar-refractivity contribution in [1.29, 1.82) is 0 Å². The van der Waals surface area contributed by atoms with Crippen LogP contribution < -0.4 is 5.32 Å². The van der Waals surface area contributed by atoms with E-state index in [1.807, 2.05) is 38.1 Å². The van der Waals surface area contributed by atoms with Crippen molar-refractivity contribution in [2.45, 2.75) is 138 Å². The molecule has 314 valence electrons. The Morgan fingerprint density at radius 1 is 0.931 bits per heavy atom. The van der Waals surface area contributed by atoms with Crippen molar-refractivity contribution in [3.8, 4) is 0 Å². The molecule has 10 heteroatoms. The number of hydrogen-bond acceptors (Lipinski definition) is 7. The number of ketones is 1. The summed E-state index contributed by atoms with van der Waals surface area (Å²) in [5.74, 6) is -0.864. The van der Waals surface area contributed by atoms with Gasteiger partial charge in [0.05, 0.1) is 29.2 Å². The fraction of sp³-hybridized carbons (Fsp3) is 0.708. The quantitative estimate of drug-likeness (QED) is 0.126. The Hall–Kier alpha value is -3.34. The van der Waals surface area contributed by atoms with Crippen LogP contribution in [0.5, 0.6) is 0 Å². The van der Waals surface area contributed by atoms with Gasteiger partial charge in [0.2, 0.25) is 0 Å². The molecule has 0 radical (unpaired) electrons. The van der Waals surface area contributed by atoms with Gasteiger partial charge in [-0.05, 0) is 115 Å². The highest BCUT2D eigenvalue weighted by Crippen LogP contribution is 2.82. The highest BCUT2D eigenvalue weighted by Gasteiger charge is 2.76. The van der Waals surface area contributed by atoms with Gasteiger partial charge in [0.1, 0.15) is 0 Å². The third kappa shape index (κ3) is 4.94. The number of hydrogen-bond donors (Lipinski definition) is 5. The second kappa shape index (κ2) is 12.8. The van der Waals surface area contributed by atoms with Crippen molar-refractivity contribution < 1.29 is 34.4 Å². The highest BCUT2D eigenvalue weighted by molar-refractivity contribution is 6.01. The van der Waals surface area contributed by atoms with E-state index in [2.05, 4.69) is 69.0 Å². The molecule has 0 bridgehead atoms. The molecule has 0 saturated heterocycles. The van der Waals surface area contributed by atoms with E-state index in [4.69, 9.17) is 4.74 Å². The van der Waals surface area contributed by atoms with Crippen LogP contribution in [0.4, 0.5) is 0 Å². The standard InChI is InChI=1S/C48H65N3O7/c1-26(2)36-32(52)24-47(34(53)25-49-39(54)38-50-30-11-9-10-12-31(30)51-38)20-17-43(5)27(37(36)47)13-14-33-44(43,6)18-21-48-22-19-46(48,8)35(15-16-45(33,48)7)58-41(57)29-23-28(40(55)56)42(29,3)4/h9-12,19,22,26-29,33-35,41,53,57H,13-18,20-21,23-25H2,1-8H3,(H,49,54)(H,50,51)(H,55,56)/t27-,28+,29-,33+,34+,35+,41?,43-,44-,45-,46-,47?,48+/m1/s1. The number of rotatable bonds is 9. The van der Waals surface area contributed by atoms with Crippen LogP contribution in [0, 0.1) is 67.5 Å². The van der Waals surface area contributed by atoms with Gasteiger partial charge < -0.3 is 30.4 Å². The van der Waals surface area contributed by atoms with Gasteiger partial charge in [-0.2, -0.15) is 0 Å². The molecule has 10 nitrogen and oxygen atoms in total. The zero-order chi connectivity index (χ0) is 41.6. The fourth-order valence-electron chi connectivity index (χ4n) is 15.5. The first-order valence-electron chi connectivity index (χ1n) is 22.2. The minimum atomic E-state index is -1.000. The normalized spacial score (nSPS) is 43.3. The Bertz CT molecular complexity index is 2100. The van der Waals surface area contributed by atoms with Crippen LogP contribution in [0.1, 0.15) is 130 Å². The summed E-state index contributed by atoms with van der Waals surface area (Å²) >= 11 is 0. The number of carboxylic acid groups (broad SMARTS) is 1. The first-order chi connectivity index (χ1) is 27.2. The summed E-state index contributed by atoms with van der Waals surface area (Å²) in [4.78, 5) is 47.0. The van der Waals surface area contributed by atoms with Crippen molar-refractivity contribution in [3.63, 3.8) is 0 Å². The molecule has 0 aliphatic heterocycles. The molecule has 2 unspecified atom stereocenters. The maximum atomic E-state index is 14.2. The Balaban J connectivity index is 0.977. The Morgan fingerprint density at radius 3 is 2.31 bits per heavy atom. The lowest BCUT2D eigenvalue weighted by atomic mass is 9.27. The molecule has 58 heavy (non-hydrogen) atoms. The van der Waals surface area contributed by atoms with E-state index in [9.17, 15) is 29.7 Å². The number of H-pyrrole nitrogens is 1. The van der Waals surface area contributed by atoms with Crippen LogP contribution >= 0.6 is 0 Å². The van der Waals surface area contributed by atoms with Gasteiger partial charge in [-0.1, -0.05) is 85.2 Å². The number of aliphatic carboxylic acids is 1. The van der Waals surface area contributed by atoms with Gasteiger partial charge >= 0.3 is 5.97 Å². The molecule has 7 aliphatic carbocycles. The summed E-state index contributed by atoms with van der Waals surface area (Å²) in [5.41, 5.74) is 1.91. The van der Waals surface area contributed by atoms with Crippen molar-refractivity contribution >= 4 is 28.7 Å². The van der Waals surface area contributed by atoms with Crippen molar-refractivity contribution in [1.82, 2.24) is 15.3 Å². The maximum absolute atomic E-state index is 14.2. The van der Waals surface area contributed by atoms with E-state index < -0.39 is 35.1 Å². The summed E-state index contributed by atoms with van der Waals surface area (Å²) in [6.07, 6.45) is 11.0. The van der Waals surface area contributed by atoms with E-state index in [0.717, 1.165) is 56.0 Å². The molecule has 2 aromatic rings. The number of nitrogens with zero attached hydrogens (tertiary/aromatic N) is 1. The van der Waals surface area contributed by atoms with Crippen molar-refractivity contribution in [3.05, 3.63) is 53.4 Å². The summed E-state index contributed by atoms with van der Waals surface area (Å²) < 4.78 is 6.67. The predicted octanol–water partition coefficient (Wildman–Crippen LogP) is 8.00. The smallest absolute Gasteiger partial charge is 0.307 e. The lowest BCUT2D eigenvalue weighted by Gasteiger charge is -2.77. The lowest BCUT2D eigenvalue weighted by Crippen LogP contribution is -2.72. The third-order valence-corrected chi connectivity index (χ3v) is 19.3. The molecule has 1 spiro atoms. The zero-order valence-corrected chi connectivity index (χ0v) is 35.8. The number of benzene rings is 1. The van der Waals surface area contributed by atoms with Gasteiger partial charge in [-0.15, -0.1) is 0 Å². The molecule has 5 saturated carbocycles. The molecule has 1 amide bonds. The molecule has 1 heterocycles. The van der Waals surface area contributed by atoms with Gasteiger partial charge in [0.15, 0.2) is 17.9 Å². The maximum Gasteiger partial charge on any atom is 0.307 e. The number of carboxylic acids is 1. The minimum absolute atomic E-state index is 0.00216. The fourth-order valence-corrected chi connectivity index (χ4v) is 15.5. The monoisotopic (exact) mass is 795 g/mol. The summed E-state index contributed by atoms with van der Waals surface area (Å²) in [5, 5.41) is 36.5. The number of aliphatic hydroxyl groups excluding tert-OH is 2. The Kier molecular flexibility index (Phi) is 8.87. The van der Waals surface area contributed by atoms with E-state index in [1.165, 1.54) is 5.57 Å². The molecule has 9 rings (SSSR count). The number of allylic oxidation sites excluding steroid dienone is 2. The topological polar surface area (TPSA) is 162 Å². The average molecular weight is 796 g/mol. The second-order valence-electron chi connectivity index (χ2n) is 21.7. The van der Waals surface area contributed by atoms with Crippen LogP contribution in [-0.2, 0) is 14.3 Å². The van der Waals surface area contributed by atoms with Gasteiger partial charge in [-0.25, -0.2) is 4.98 Å². The summed E-state index contributed by atoms with van der Waals surface area (Å²) in [7, 11) is 0. The summed E-state index contributed by atoms with van der Waals surface area (Å²) in [6, 6.07) is 7.52. The van der Waals surface area contributed by atoms with E-state index in [1.54, 1.807) is 0 Å². The van der Waals surface area contributed by atoms with Crippen LogP contribution in [0.25, 0.3) is 11.0 Å². The Labute approximate surface area is 343 Å². The number of Topliss-reactive ketones (excluding diaryl/α,β-unsaturated/α-hetero) is 1. The van der Waals surface area contributed by atoms with Crippen LogP contribution in [-0.4, -0.2) is 68.0 Å². The zero-order valence-electron chi connectivity index (χ0n) is 35.8. The molecule has 1 aromatic heterocycles. The molecular formula is C48H65N3O7. The number of imidazole rings is 1. The highest BCUT2D eigenvalue weighted by atomic mass is 16.6. The number of amides is 1. The largest absolute Gasteiger partial charge is 0.481 e. The SMILES string of the molecule is CC(C)C1=C2[C@H]3CC[C@@H]4[C@@]5(C)CC[C@H](OC(O)[C@H]6C[C@@H](C(=O)O)C6(C)C)[C@@]6(C)C=C[C@]65CC[C@@]4(C)[C@]3(C)CCC2([C@@H](O)CNC(=O)c2nc3ccccc3[nH]2)CC1=O. The van der Waals surface area contributed by atoms with Crippen molar-refractivity contribution in [2.75, 3.05) is 6.54 Å². The van der Waals surface area contributed by atoms with Gasteiger partial charge in [-0.3, -0.25) is 14.4 Å². The molecule has 1 aromatic carbocycles. The molecule has 5 N–H and O–H groups in total. The molecule has 13 atom stereocenters. The van der Waals surface area contributed by atoms with E-state index >= 15 is 0 Å². The number of aromatic amines is 1.